The number of amides is 3. The minimum Gasteiger partial charge on any atom is -0.351 e. The van der Waals surface area contributed by atoms with E-state index in [9.17, 15) is 9.59 Å². The van der Waals surface area contributed by atoms with Crippen molar-refractivity contribution in [3.63, 3.8) is 0 Å². The van der Waals surface area contributed by atoms with E-state index in [2.05, 4.69) is 10.2 Å². The molecule has 0 saturated carbocycles. The van der Waals surface area contributed by atoms with Crippen LogP contribution < -0.4 is 11.1 Å². The third-order valence-corrected chi connectivity index (χ3v) is 3.19. The summed E-state index contributed by atoms with van der Waals surface area (Å²) in [4.78, 5) is 27.0. The van der Waals surface area contributed by atoms with Crippen LogP contribution in [0.1, 0.15) is 13.2 Å². The van der Waals surface area contributed by atoms with Gasteiger partial charge in [-0.25, -0.2) is 4.79 Å². The number of benzene rings is 1. The molecule has 1 aliphatic heterocycles. The predicted octanol–water partition coefficient (Wildman–Crippen LogP) is 1.06. The van der Waals surface area contributed by atoms with E-state index in [0.717, 1.165) is 26.2 Å². The molecular formula is C13H22N4O2. The molecule has 1 fully saturated rings. The highest BCUT2D eigenvalue weighted by Gasteiger charge is 2.20. The van der Waals surface area contributed by atoms with E-state index >= 15 is 0 Å². The average molecular weight is 266 g/mol. The lowest BCUT2D eigenvalue weighted by Crippen LogP contribution is -2.47. The first kappa shape index (κ1) is 13.4. The highest BCUT2D eigenvalue weighted by atomic mass is 16.2. The zero-order valence-electron chi connectivity index (χ0n) is 10.9. The molecule has 1 heterocycles. The molecule has 3 N–H and O–H groups in total. The topological polar surface area (TPSA) is 78.7 Å². The summed E-state index contributed by atoms with van der Waals surface area (Å²) >= 11 is 0. The molecule has 0 bridgehead atoms. The van der Waals surface area contributed by atoms with Crippen LogP contribution in [-0.2, 0) is 0 Å². The molecular weight excluding hydrogens is 244 g/mol. The number of primary amides is 1. The quantitative estimate of drug-likeness (QED) is 0.840. The van der Waals surface area contributed by atoms with Crippen LogP contribution in [0, 0.1) is 0 Å². The number of hydrogen-bond acceptors (Lipinski definition) is 3. The van der Waals surface area contributed by atoms with Crippen molar-refractivity contribution >= 4 is 17.6 Å². The second kappa shape index (κ2) is 5.71. The van der Waals surface area contributed by atoms with Crippen molar-refractivity contribution in [3.05, 3.63) is 29.8 Å². The van der Waals surface area contributed by atoms with Crippen LogP contribution in [0.25, 0.3) is 0 Å². The Bertz CT molecular complexity index is 474. The molecule has 0 unspecified atom stereocenters. The van der Waals surface area contributed by atoms with Crippen LogP contribution in [0.3, 0.4) is 0 Å². The standard InChI is InChI=1S/C13H18N4O2.2H2/c1-16-6-8-17(9-7-16)12(18)10-2-4-11(5-3-10)15-13(14)19;;/h2-5H,6-9H2,1H3,(H3,14,15,19);2*1H. The molecule has 0 aliphatic carbocycles. The maximum atomic E-state index is 12.2. The third kappa shape index (κ3) is 3.45. The maximum Gasteiger partial charge on any atom is 0.316 e. The fourth-order valence-corrected chi connectivity index (χ4v) is 2.03. The van der Waals surface area contributed by atoms with Crippen molar-refractivity contribution in [1.29, 1.82) is 0 Å². The highest BCUT2D eigenvalue weighted by Crippen LogP contribution is 2.12. The van der Waals surface area contributed by atoms with Crippen LogP contribution in [0.15, 0.2) is 24.3 Å². The Morgan fingerprint density at radius 3 is 2.26 bits per heavy atom. The zero-order valence-corrected chi connectivity index (χ0v) is 10.9. The molecule has 3 amide bonds. The number of nitrogens with zero attached hydrogens (tertiary/aromatic N) is 2. The Kier molecular flexibility index (Phi) is 4.01. The smallest absolute Gasteiger partial charge is 0.316 e. The van der Waals surface area contributed by atoms with Gasteiger partial charge in [-0.2, -0.15) is 0 Å². The number of rotatable bonds is 2. The molecule has 0 radical (unpaired) electrons. The lowest BCUT2D eigenvalue weighted by atomic mass is 10.1. The van der Waals surface area contributed by atoms with Crippen LogP contribution in [0.2, 0.25) is 0 Å². The van der Waals surface area contributed by atoms with E-state index in [1.807, 2.05) is 11.9 Å². The molecule has 19 heavy (non-hydrogen) atoms. The number of nitrogens with two attached hydrogens (primary N) is 1. The van der Waals surface area contributed by atoms with Gasteiger partial charge in [-0.1, -0.05) is 0 Å². The Balaban J connectivity index is 0.00000200. The normalized spacial score (nSPS) is 16.2. The highest BCUT2D eigenvalue weighted by molar-refractivity contribution is 5.95. The summed E-state index contributed by atoms with van der Waals surface area (Å²) in [5, 5.41) is 2.46. The van der Waals surface area contributed by atoms with E-state index in [1.54, 1.807) is 24.3 Å². The molecule has 6 heteroatoms. The van der Waals surface area contributed by atoms with E-state index in [0.29, 0.717) is 11.3 Å². The van der Waals surface area contributed by atoms with Crippen LogP contribution in [-0.4, -0.2) is 55.0 Å². The molecule has 1 aromatic carbocycles. The van der Waals surface area contributed by atoms with Gasteiger partial charge in [0, 0.05) is 40.3 Å². The fraction of sp³-hybridized carbons (Fsp3) is 0.385. The Morgan fingerprint density at radius 1 is 1.16 bits per heavy atom. The fourth-order valence-electron chi connectivity index (χ4n) is 2.03. The van der Waals surface area contributed by atoms with Gasteiger partial charge in [-0.05, 0) is 31.3 Å². The van der Waals surface area contributed by atoms with Gasteiger partial charge < -0.3 is 20.9 Å². The van der Waals surface area contributed by atoms with Crippen molar-refractivity contribution in [2.75, 3.05) is 38.5 Å². The van der Waals surface area contributed by atoms with E-state index in [4.69, 9.17) is 5.73 Å². The Hall–Kier alpha value is -2.08. The number of hydrogen-bond donors (Lipinski definition) is 2. The molecule has 1 aliphatic rings. The van der Waals surface area contributed by atoms with Gasteiger partial charge in [0.1, 0.15) is 0 Å². The number of piperazine rings is 1. The second-order valence-electron chi connectivity index (χ2n) is 4.66. The molecule has 106 valence electrons. The monoisotopic (exact) mass is 266 g/mol. The van der Waals surface area contributed by atoms with E-state index < -0.39 is 6.03 Å². The number of likely N-dealkylation sites (N-methyl/N-ethyl adjacent to an activating group) is 1. The summed E-state index contributed by atoms with van der Waals surface area (Å²) in [6, 6.07) is 6.14. The van der Waals surface area contributed by atoms with Gasteiger partial charge >= 0.3 is 6.03 Å². The van der Waals surface area contributed by atoms with Gasteiger partial charge in [-0.3, -0.25) is 4.79 Å². The summed E-state index contributed by atoms with van der Waals surface area (Å²) in [7, 11) is 2.05. The predicted molar refractivity (Wildman–Crippen MR) is 77.3 cm³/mol. The van der Waals surface area contributed by atoms with Gasteiger partial charge in [0.25, 0.3) is 5.91 Å². The maximum absolute atomic E-state index is 12.2. The van der Waals surface area contributed by atoms with E-state index in [-0.39, 0.29) is 8.76 Å². The first-order chi connectivity index (χ1) is 9.06. The Morgan fingerprint density at radius 2 is 1.74 bits per heavy atom. The second-order valence-corrected chi connectivity index (χ2v) is 4.66. The van der Waals surface area contributed by atoms with Crippen molar-refractivity contribution in [2.45, 2.75) is 0 Å². The zero-order chi connectivity index (χ0) is 13.8. The molecule has 2 rings (SSSR count). The van der Waals surface area contributed by atoms with Crippen LogP contribution in [0.5, 0.6) is 0 Å². The molecule has 0 atom stereocenters. The minimum absolute atomic E-state index is 0. The lowest BCUT2D eigenvalue weighted by Gasteiger charge is -2.32. The van der Waals surface area contributed by atoms with Crippen molar-refractivity contribution < 1.29 is 12.4 Å². The molecule has 0 spiro atoms. The SMILES string of the molecule is CN1CCN(C(=O)c2ccc(NC(N)=O)cc2)CC1.[HH].[HH]. The van der Waals surface area contributed by atoms with Gasteiger partial charge in [-0.15, -0.1) is 0 Å². The van der Waals surface area contributed by atoms with Crippen LogP contribution >= 0.6 is 0 Å². The summed E-state index contributed by atoms with van der Waals surface area (Å²) in [6.07, 6.45) is 0. The number of anilines is 1. The van der Waals surface area contributed by atoms with Crippen molar-refractivity contribution in [2.24, 2.45) is 5.73 Å². The summed E-state index contributed by atoms with van der Waals surface area (Å²) in [5.41, 5.74) is 6.23. The van der Waals surface area contributed by atoms with Crippen LogP contribution in [0.4, 0.5) is 10.5 Å². The number of carbonyl (C=O) groups is 2. The van der Waals surface area contributed by atoms with Gasteiger partial charge in [0.15, 0.2) is 0 Å². The summed E-state index contributed by atoms with van der Waals surface area (Å²) < 4.78 is 0. The van der Waals surface area contributed by atoms with Gasteiger partial charge in [0.2, 0.25) is 0 Å². The van der Waals surface area contributed by atoms with Gasteiger partial charge in [0.05, 0.1) is 0 Å². The van der Waals surface area contributed by atoms with E-state index in [1.165, 1.54) is 0 Å². The molecule has 6 nitrogen and oxygen atoms in total. The molecule has 0 aromatic heterocycles. The molecule has 1 aromatic rings. The number of urea groups is 1. The molecule has 1 saturated heterocycles. The average Bonchev–Trinajstić information content (AvgIpc) is 2.39. The first-order valence-corrected chi connectivity index (χ1v) is 6.20. The first-order valence-electron chi connectivity index (χ1n) is 6.20. The number of nitrogens with one attached hydrogen (secondary N) is 1. The van der Waals surface area contributed by atoms with Crippen molar-refractivity contribution in [1.82, 2.24) is 9.80 Å². The van der Waals surface area contributed by atoms with Crippen molar-refractivity contribution in [3.8, 4) is 0 Å². The minimum atomic E-state index is -0.613. The lowest BCUT2D eigenvalue weighted by molar-refractivity contribution is 0.0664. The Labute approximate surface area is 115 Å². The summed E-state index contributed by atoms with van der Waals surface area (Å²) in [5.74, 6) is 0.0266. The number of carbonyl (C=O) groups excluding carboxylic acids is 2. The summed E-state index contributed by atoms with van der Waals surface area (Å²) in [6.45, 7) is 3.29. The third-order valence-electron chi connectivity index (χ3n) is 3.19. The largest absolute Gasteiger partial charge is 0.351 e.